The van der Waals surface area contributed by atoms with Crippen LogP contribution in [0.25, 0.3) is 11.2 Å². The SMILES string of the molecule is OC[C@@H]1O[C@H](n2nnc3c(O)ncnc32)C(O)C1O. The van der Waals surface area contributed by atoms with Crippen LogP contribution in [0.4, 0.5) is 0 Å². The van der Waals surface area contributed by atoms with Gasteiger partial charge in [-0.2, -0.15) is 9.67 Å². The topological polar surface area (TPSA) is 147 Å². The fraction of sp³-hybridized carbons (Fsp3) is 0.556. The molecular formula is C9H11N5O5. The van der Waals surface area contributed by atoms with E-state index in [1.54, 1.807) is 0 Å². The number of aromatic hydroxyl groups is 1. The van der Waals surface area contributed by atoms with Gasteiger partial charge in [0.1, 0.15) is 24.6 Å². The van der Waals surface area contributed by atoms with Crippen molar-refractivity contribution < 1.29 is 25.2 Å². The van der Waals surface area contributed by atoms with Gasteiger partial charge >= 0.3 is 0 Å². The first-order chi connectivity index (χ1) is 9.13. The van der Waals surface area contributed by atoms with Gasteiger partial charge in [0.15, 0.2) is 17.4 Å². The summed E-state index contributed by atoms with van der Waals surface area (Å²) in [5, 5.41) is 45.5. The predicted molar refractivity (Wildman–Crippen MR) is 57.8 cm³/mol. The Balaban J connectivity index is 2.04. The molecule has 0 radical (unpaired) electrons. The Morgan fingerprint density at radius 1 is 1.26 bits per heavy atom. The first-order valence-electron chi connectivity index (χ1n) is 5.50. The van der Waals surface area contributed by atoms with Crippen LogP contribution in [0.15, 0.2) is 6.33 Å². The summed E-state index contributed by atoms with van der Waals surface area (Å²) in [6.45, 7) is -0.443. The molecule has 0 spiro atoms. The molecule has 2 unspecified atom stereocenters. The van der Waals surface area contributed by atoms with E-state index in [1.807, 2.05) is 0 Å². The van der Waals surface area contributed by atoms with Crippen LogP contribution in [-0.4, -0.2) is 70.3 Å². The number of aromatic nitrogens is 5. The van der Waals surface area contributed by atoms with E-state index >= 15 is 0 Å². The quantitative estimate of drug-likeness (QED) is 0.466. The van der Waals surface area contributed by atoms with Crippen molar-refractivity contribution in [2.75, 3.05) is 6.61 Å². The smallest absolute Gasteiger partial charge is 0.244 e. The first-order valence-corrected chi connectivity index (χ1v) is 5.50. The molecule has 2 aromatic rings. The Bertz CT molecular complexity index is 604. The summed E-state index contributed by atoms with van der Waals surface area (Å²) in [7, 11) is 0. The highest BCUT2D eigenvalue weighted by Gasteiger charge is 2.44. The molecule has 0 aromatic carbocycles. The summed E-state index contributed by atoms with van der Waals surface area (Å²) in [6, 6.07) is 0. The minimum absolute atomic E-state index is 0.0558. The molecule has 2 aromatic heterocycles. The molecule has 1 aliphatic heterocycles. The lowest BCUT2D eigenvalue weighted by atomic mass is 10.1. The molecule has 4 N–H and O–H groups in total. The van der Waals surface area contributed by atoms with Crippen LogP contribution < -0.4 is 0 Å². The van der Waals surface area contributed by atoms with Crippen LogP contribution in [0.1, 0.15) is 6.23 Å². The Morgan fingerprint density at radius 2 is 2.05 bits per heavy atom. The molecule has 0 aliphatic carbocycles. The number of fused-ring (bicyclic) bond motifs is 1. The average Bonchev–Trinajstić information content (AvgIpc) is 2.94. The molecule has 10 heteroatoms. The van der Waals surface area contributed by atoms with Crippen molar-refractivity contribution in [1.82, 2.24) is 25.0 Å². The lowest BCUT2D eigenvalue weighted by Gasteiger charge is -2.14. The van der Waals surface area contributed by atoms with Crippen molar-refractivity contribution in [3.05, 3.63) is 6.33 Å². The predicted octanol–water partition coefficient (Wildman–Crippen LogP) is -2.46. The first kappa shape index (κ1) is 12.2. The van der Waals surface area contributed by atoms with E-state index in [0.29, 0.717) is 0 Å². The second-order valence-electron chi connectivity index (χ2n) is 4.13. The minimum atomic E-state index is -1.29. The van der Waals surface area contributed by atoms with Crippen molar-refractivity contribution in [2.24, 2.45) is 0 Å². The zero-order valence-corrected chi connectivity index (χ0v) is 9.53. The molecule has 10 nitrogen and oxygen atoms in total. The van der Waals surface area contributed by atoms with Crippen LogP contribution in [-0.2, 0) is 4.74 Å². The van der Waals surface area contributed by atoms with Gasteiger partial charge in [0, 0.05) is 0 Å². The molecule has 0 amide bonds. The van der Waals surface area contributed by atoms with Gasteiger partial charge in [-0.15, -0.1) is 5.10 Å². The van der Waals surface area contributed by atoms with Crippen molar-refractivity contribution in [3.63, 3.8) is 0 Å². The van der Waals surface area contributed by atoms with E-state index in [4.69, 9.17) is 9.84 Å². The van der Waals surface area contributed by atoms with E-state index < -0.39 is 31.1 Å². The Morgan fingerprint density at radius 3 is 2.74 bits per heavy atom. The summed E-state index contributed by atoms with van der Waals surface area (Å²) >= 11 is 0. The molecule has 0 saturated carbocycles. The van der Waals surface area contributed by atoms with E-state index in [1.165, 1.54) is 0 Å². The molecule has 0 bridgehead atoms. The number of nitrogens with zero attached hydrogens (tertiary/aromatic N) is 5. The third kappa shape index (κ3) is 1.73. The van der Waals surface area contributed by atoms with Crippen LogP contribution in [0.2, 0.25) is 0 Å². The van der Waals surface area contributed by atoms with Crippen molar-refractivity contribution in [2.45, 2.75) is 24.5 Å². The normalized spacial score (nSPS) is 31.1. The van der Waals surface area contributed by atoms with E-state index in [9.17, 15) is 15.3 Å². The van der Waals surface area contributed by atoms with E-state index in [2.05, 4.69) is 20.3 Å². The Labute approximate surface area is 105 Å². The Hall–Kier alpha value is -1.88. The third-order valence-corrected chi connectivity index (χ3v) is 3.00. The number of hydrogen-bond donors (Lipinski definition) is 4. The molecular weight excluding hydrogens is 258 g/mol. The van der Waals surface area contributed by atoms with Crippen LogP contribution in [0.3, 0.4) is 0 Å². The standard InChI is InChI=1S/C9H11N5O5/c15-1-3-5(16)6(17)9(19-3)14-7-4(12-13-14)8(18)11-2-10-7/h2-3,5-6,9,15-17H,1H2,(H,10,11,18)/t3-,5?,6?,9-/m0/s1. The summed E-state index contributed by atoms with van der Waals surface area (Å²) in [4.78, 5) is 7.44. The summed E-state index contributed by atoms with van der Waals surface area (Å²) in [5.41, 5.74) is 0.211. The fourth-order valence-corrected chi connectivity index (χ4v) is 2.01. The van der Waals surface area contributed by atoms with Crippen LogP contribution in [0.5, 0.6) is 5.88 Å². The zero-order valence-electron chi connectivity index (χ0n) is 9.53. The molecule has 19 heavy (non-hydrogen) atoms. The molecule has 1 aliphatic rings. The zero-order chi connectivity index (χ0) is 13.6. The largest absolute Gasteiger partial charge is 0.492 e. The van der Waals surface area contributed by atoms with Crippen molar-refractivity contribution >= 4 is 11.2 Å². The lowest BCUT2D eigenvalue weighted by molar-refractivity contribution is -0.0574. The van der Waals surface area contributed by atoms with Crippen LogP contribution in [0, 0.1) is 0 Å². The highest BCUT2D eigenvalue weighted by molar-refractivity contribution is 5.74. The maximum Gasteiger partial charge on any atom is 0.244 e. The summed E-state index contributed by atoms with van der Waals surface area (Å²) in [5.74, 6) is -0.344. The molecule has 1 saturated heterocycles. The number of hydrogen-bond acceptors (Lipinski definition) is 9. The second-order valence-corrected chi connectivity index (χ2v) is 4.13. The van der Waals surface area contributed by atoms with E-state index in [-0.39, 0.29) is 17.0 Å². The van der Waals surface area contributed by atoms with Gasteiger partial charge in [-0.25, -0.2) is 4.98 Å². The number of rotatable bonds is 2. The average molecular weight is 269 g/mol. The molecule has 4 atom stereocenters. The Kier molecular flexibility index (Phi) is 2.78. The molecule has 1 fully saturated rings. The minimum Gasteiger partial charge on any atom is -0.492 e. The molecule has 3 rings (SSSR count). The number of aliphatic hydroxyl groups excluding tert-OH is 3. The van der Waals surface area contributed by atoms with Crippen LogP contribution >= 0.6 is 0 Å². The van der Waals surface area contributed by atoms with Gasteiger partial charge in [0.25, 0.3) is 0 Å². The van der Waals surface area contributed by atoms with Gasteiger partial charge in [0.2, 0.25) is 5.88 Å². The monoisotopic (exact) mass is 269 g/mol. The van der Waals surface area contributed by atoms with E-state index in [0.717, 1.165) is 11.0 Å². The third-order valence-electron chi connectivity index (χ3n) is 3.00. The summed E-state index contributed by atoms with van der Waals surface area (Å²) < 4.78 is 6.42. The number of ether oxygens (including phenoxy) is 1. The van der Waals surface area contributed by atoms with Crippen molar-refractivity contribution in [1.29, 1.82) is 0 Å². The highest BCUT2D eigenvalue weighted by Crippen LogP contribution is 2.31. The van der Waals surface area contributed by atoms with Gasteiger partial charge in [-0.1, -0.05) is 5.21 Å². The number of aliphatic hydroxyl groups is 3. The van der Waals surface area contributed by atoms with Gasteiger partial charge < -0.3 is 25.2 Å². The second kappa shape index (κ2) is 4.35. The molecule has 3 heterocycles. The van der Waals surface area contributed by atoms with Gasteiger partial charge in [0.05, 0.1) is 6.61 Å². The maximum atomic E-state index is 9.88. The van der Waals surface area contributed by atoms with Gasteiger partial charge in [-0.3, -0.25) is 0 Å². The summed E-state index contributed by atoms with van der Waals surface area (Å²) in [6.07, 6.45) is -3.40. The van der Waals surface area contributed by atoms with Crippen molar-refractivity contribution in [3.8, 4) is 5.88 Å². The fourth-order valence-electron chi connectivity index (χ4n) is 2.01. The lowest BCUT2D eigenvalue weighted by Crippen LogP contribution is -2.33. The highest BCUT2D eigenvalue weighted by atomic mass is 16.6. The van der Waals surface area contributed by atoms with Gasteiger partial charge in [-0.05, 0) is 0 Å². The molecule has 102 valence electrons. The maximum absolute atomic E-state index is 9.88.